The lowest BCUT2D eigenvalue weighted by molar-refractivity contribution is -0.929. The average Bonchev–Trinajstić information content (AvgIpc) is 2.69. The zero-order chi connectivity index (χ0) is 19.0. The number of nitrogens with one attached hydrogen (secondary N) is 1. The minimum absolute atomic E-state index is 0.0738. The summed E-state index contributed by atoms with van der Waals surface area (Å²) >= 11 is 0. The van der Waals surface area contributed by atoms with Crippen molar-refractivity contribution in [3.63, 3.8) is 0 Å². The van der Waals surface area contributed by atoms with Gasteiger partial charge in [-0.1, -0.05) is 36.4 Å². The van der Waals surface area contributed by atoms with Crippen LogP contribution in [0.5, 0.6) is 0 Å². The van der Waals surface area contributed by atoms with Crippen LogP contribution in [-0.2, 0) is 20.2 Å². The van der Waals surface area contributed by atoms with E-state index in [1.54, 1.807) is 6.07 Å². The highest BCUT2D eigenvalue weighted by atomic mass is 31.2. The minimum Gasteiger partial charge on any atom is -0.318 e. The number of piperidine rings is 1. The van der Waals surface area contributed by atoms with E-state index in [1.165, 1.54) is 19.1 Å². The molecule has 2 aromatic rings. The molecule has 144 valence electrons. The molecule has 1 aromatic heterocycles. The fraction of sp³-hybridized carbons (Fsp3) is 0.450. The van der Waals surface area contributed by atoms with Crippen LogP contribution in [0.4, 0.5) is 0 Å². The smallest absolute Gasteiger partial charge is 0.318 e. The lowest BCUT2D eigenvalue weighted by Crippen LogP contribution is -3.14. The molecule has 6 nitrogen and oxygen atoms in total. The number of hydrogen-bond donors (Lipinski definition) is 1. The third-order valence-corrected chi connectivity index (χ3v) is 8.26. The molecule has 0 amide bonds. The fourth-order valence-corrected chi connectivity index (χ4v) is 6.60. The molecule has 27 heavy (non-hydrogen) atoms. The van der Waals surface area contributed by atoms with Gasteiger partial charge in [0.15, 0.2) is 0 Å². The number of nitrogens with zero attached hydrogens (tertiary/aromatic N) is 1. The Hall–Kier alpha value is -1.72. The summed E-state index contributed by atoms with van der Waals surface area (Å²) in [5.41, 5.74) is 2.13. The molecule has 1 unspecified atom stereocenters. The Bertz CT molecular complexity index is 906. The van der Waals surface area contributed by atoms with Gasteiger partial charge in [-0.15, -0.1) is 0 Å². The summed E-state index contributed by atoms with van der Waals surface area (Å²) in [5, 5.41) is 0. The van der Waals surface area contributed by atoms with Gasteiger partial charge in [-0.25, -0.2) is 0 Å². The van der Waals surface area contributed by atoms with Gasteiger partial charge in [-0.05, 0) is 12.5 Å². The van der Waals surface area contributed by atoms with Crippen LogP contribution in [0.1, 0.15) is 29.4 Å². The van der Waals surface area contributed by atoms with Gasteiger partial charge in [0.25, 0.3) is 5.56 Å². The summed E-state index contributed by atoms with van der Waals surface area (Å²) in [6.07, 6.45) is 1.07. The average molecular weight is 389 g/mol. The van der Waals surface area contributed by atoms with Gasteiger partial charge in [0.1, 0.15) is 0 Å². The highest BCUT2D eigenvalue weighted by Crippen LogP contribution is 2.57. The summed E-state index contributed by atoms with van der Waals surface area (Å²) in [4.78, 5) is 13.5. The Kier molecular flexibility index (Phi) is 5.08. The predicted molar refractivity (Wildman–Crippen MR) is 103 cm³/mol. The van der Waals surface area contributed by atoms with E-state index in [1.807, 2.05) is 41.0 Å². The first-order valence-corrected chi connectivity index (χ1v) is 11.0. The minimum atomic E-state index is -3.32. The molecule has 4 rings (SSSR count). The molecule has 3 heterocycles. The third kappa shape index (κ3) is 3.32. The molecular weight excluding hydrogens is 363 g/mol. The molecule has 2 aliphatic heterocycles. The van der Waals surface area contributed by atoms with Crippen LogP contribution in [0, 0.1) is 5.92 Å². The fourth-order valence-electron chi connectivity index (χ4n) is 4.84. The Morgan fingerprint density at radius 2 is 1.81 bits per heavy atom. The van der Waals surface area contributed by atoms with Crippen LogP contribution >= 0.6 is 7.60 Å². The van der Waals surface area contributed by atoms with Crippen molar-refractivity contribution < 1.29 is 18.5 Å². The molecular formula is C20H26N2O4P+. The van der Waals surface area contributed by atoms with Gasteiger partial charge in [0.2, 0.25) is 5.78 Å². The summed E-state index contributed by atoms with van der Waals surface area (Å²) in [5.74, 6) is 0.274. The summed E-state index contributed by atoms with van der Waals surface area (Å²) in [6.45, 7) is 2.37. The maximum Gasteiger partial charge on any atom is 0.391 e. The van der Waals surface area contributed by atoms with Crippen LogP contribution in [0.15, 0.2) is 53.3 Å². The van der Waals surface area contributed by atoms with Gasteiger partial charge in [0.05, 0.1) is 13.1 Å². The first-order valence-electron chi connectivity index (χ1n) is 9.36. The number of pyridine rings is 1. The van der Waals surface area contributed by atoms with Crippen molar-refractivity contribution in [1.29, 1.82) is 0 Å². The molecule has 7 heteroatoms. The molecule has 0 aliphatic carbocycles. The molecule has 0 radical (unpaired) electrons. The number of fused-ring (bicyclic) bond motifs is 4. The number of hydrogen-bond acceptors (Lipinski definition) is 4. The second kappa shape index (κ2) is 7.36. The first kappa shape index (κ1) is 18.6. The molecule has 2 bridgehead atoms. The highest BCUT2D eigenvalue weighted by Gasteiger charge is 2.48. The van der Waals surface area contributed by atoms with Gasteiger partial charge >= 0.3 is 7.60 Å². The number of aromatic nitrogens is 1. The van der Waals surface area contributed by atoms with Crippen molar-refractivity contribution in [2.45, 2.75) is 24.7 Å². The van der Waals surface area contributed by atoms with Crippen LogP contribution in [-0.4, -0.2) is 31.9 Å². The van der Waals surface area contributed by atoms with Crippen LogP contribution in [0.25, 0.3) is 0 Å². The highest BCUT2D eigenvalue weighted by molar-refractivity contribution is 7.53. The molecule has 1 fully saturated rings. The predicted octanol–water partition coefficient (Wildman–Crippen LogP) is 2.03. The Balaban J connectivity index is 1.73. The van der Waals surface area contributed by atoms with Crippen molar-refractivity contribution in [2.24, 2.45) is 5.92 Å². The Morgan fingerprint density at radius 1 is 1.07 bits per heavy atom. The lowest BCUT2D eigenvalue weighted by Gasteiger charge is -2.43. The van der Waals surface area contributed by atoms with Crippen molar-refractivity contribution in [1.82, 2.24) is 4.57 Å². The van der Waals surface area contributed by atoms with Gasteiger partial charge < -0.3 is 18.5 Å². The van der Waals surface area contributed by atoms with Gasteiger partial charge in [0, 0.05) is 49.9 Å². The standard InChI is InChI=1S/C20H25N2O4P/c1-25-27(24,26-2)20(16-7-4-3-5-8-16)21-12-15-11-17(14-21)18-9-6-10-19(23)22(18)13-15/h3-10,15,17,20H,11-14H2,1-2H3/p+1/t15-,17+,20-/m0/s1. The van der Waals surface area contributed by atoms with E-state index >= 15 is 0 Å². The van der Waals surface area contributed by atoms with Crippen LogP contribution in [0.3, 0.4) is 0 Å². The molecule has 0 spiro atoms. The largest absolute Gasteiger partial charge is 0.391 e. The Labute approximate surface area is 159 Å². The maximum atomic E-state index is 13.4. The molecule has 0 saturated carbocycles. The number of benzene rings is 1. The monoisotopic (exact) mass is 389 g/mol. The lowest BCUT2D eigenvalue weighted by atomic mass is 9.83. The molecule has 1 saturated heterocycles. The molecule has 4 atom stereocenters. The van der Waals surface area contributed by atoms with Crippen molar-refractivity contribution in [3.8, 4) is 0 Å². The van der Waals surface area contributed by atoms with E-state index in [9.17, 15) is 9.36 Å². The third-order valence-electron chi connectivity index (χ3n) is 5.95. The molecule has 1 aromatic carbocycles. The van der Waals surface area contributed by atoms with Gasteiger partial charge in [-0.3, -0.25) is 9.36 Å². The topological polar surface area (TPSA) is 62.0 Å². The number of likely N-dealkylation sites (tertiary alicyclic amines) is 1. The first-order chi connectivity index (χ1) is 13.1. The number of rotatable bonds is 5. The van der Waals surface area contributed by atoms with E-state index in [4.69, 9.17) is 9.05 Å². The number of quaternary nitrogens is 1. The second-order valence-electron chi connectivity index (χ2n) is 7.48. The molecule has 2 aliphatic rings. The second-order valence-corrected chi connectivity index (χ2v) is 9.81. The van der Waals surface area contributed by atoms with E-state index in [0.29, 0.717) is 5.92 Å². The molecule has 1 N–H and O–H groups in total. The van der Waals surface area contributed by atoms with E-state index in [0.717, 1.165) is 37.3 Å². The van der Waals surface area contributed by atoms with Crippen LogP contribution in [0.2, 0.25) is 0 Å². The van der Waals surface area contributed by atoms with Crippen molar-refractivity contribution in [2.75, 3.05) is 27.3 Å². The van der Waals surface area contributed by atoms with Crippen LogP contribution < -0.4 is 10.5 Å². The quantitative estimate of drug-likeness (QED) is 0.795. The van der Waals surface area contributed by atoms with Crippen molar-refractivity contribution >= 4 is 7.60 Å². The van der Waals surface area contributed by atoms with E-state index < -0.39 is 7.60 Å². The SMILES string of the molecule is COP(=O)(OC)[C@@H](c1ccccc1)[NH+]1C[C@@H]2C[C@H](C1)c1cccc(=O)n1C2. The van der Waals surface area contributed by atoms with Crippen molar-refractivity contribution in [3.05, 3.63) is 70.1 Å². The normalized spacial score (nSPS) is 25.6. The maximum absolute atomic E-state index is 13.4. The summed E-state index contributed by atoms with van der Waals surface area (Å²) in [7, 11) is -0.405. The summed E-state index contributed by atoms with van der Waals surface area (Å²) < 4.78 is 26.2. The van der Waals surface area contributed by atoms with E-state index in [-0.39, 0.29) is 17.3 Å². The Morgan fingerprint density at radius 3 is 2.52 bits per heavy atom. The summed E-state index contributed by atoms with van der Waals surface area (Å²) in [6, 6.07) is 15.4. The zero-order valence-electron chi connectivity index (χ0n) is 15.7. The van der Waals surface area contributed by atoms with Gasteiger partial charge in [-0.2, -0.15) is 0 Å². The zero-order valence-corrected chi connectivity index (χ0v) is 16.6. The van der Waals surface area contributed by atoms with E-state index in [2.05, 4.69) is 6.07 Å².